The van der Waals surface area contributed by atoms with Crippen molar-refractivity contribution in [1.29, 1.82) is 0 Å². The third kappa shape index (κ3) is 4.28. The molecule has 0 radical (unpaired) electrons. The molecule has 1 aromatic rings. The lowest BCUT2D eigenvalue weighted by atomic mass is 10.0. The highest BCUT2D eigenvalue weighted by Crippen LogP contribution is 2.10. The number of hydrogen-bond donors (Lipinski definition) is 1. The van der Waals surface area contributed by atoms with Crippen LogP contribution in [0.3, 0.4) is 0 Å². The van der Waals surface area contributed by atoms with Crippen molar-refractivity contribution in [3.63, 3.8) is 0 Å². The number of rotatable bonds is 5. The number of esters is 1. The molecule has 3 nitrogen and oxygen atoms in total. The average Bonchev–Trinajstić information content (AvgIpc) is 2.30. The second-order valence-corrected chi connectivity index (χ2v) is 3.53. The maximum absolute atomic E-state index is 11.1. The van der Waals surface area contributed by atoms with Crippen molar-refractivity contribution in [2.45, 2.75) is 12.8 Å². The molecule has 16 heavy (non-hydrogen) atoms. The van der Waals surface area contributed by atoms with Crippen molar-refractivity contribution in [3.8, 4) is 0 Å². The lowest BCUT2D eigenvalue weighted by Crippen LogP contribution is -2.05. The quantitative estimate of drug-likeness (QED) is 0.605. The second-order valence-electron chi connectivity index (χ2n) is 3.53. The largest absolute Gasteiger partial charge is 0.466 e. The predicted octanol–water partition coefficient (Wildman–Crippen LogP) is 1.68. The average molecular weight is 219 g/mol. The van der Waals surface area contributed by atoms with Crippen LogP contribution in [-0.2, 0) is 16.0 Å². The zero-order valence-electron chi connectivity index (χ0n) is 9.48. The molecule has 0 aromatic heterocycles. The number of benzene rings is 1. The Balaban J connectivity index is 2.72. The molecule has 86 valence electrons. The fraction of sp³-hybridized carbons (Fsp3) is 0.308. The van der Waals surface area contributed by atoms with Crippen molar-refractivity contribution in [2.24, 2.45) is 5.73 Å². The summed E-state index contributed by atoms with van der Waals surface area (Å²) >= 11 is 0. The molecule has 2 N–H and O–H groups in total. The molecule has 0 fully saturated rings. The van der Waals surface area contributed by atoms with Crippen LogP contribution >= 0.6 is 0 Å². The van der Waals surface area contributed by atoms with Gasteiger partial charge in [-0.1, -0.05) is 35.9 Å². The smallest absolute Gasteiger partial charge is 0.330 e. The maximum Gasteiger partial charge on any atom is 0.330 e. The fourth-order valence-corrected chi connectivity index (χ4v) is 1.48. The van der Waals surface area contributed by atoms with Crippen LogP contribution in [0, 0.1) is 0 Å². The molecule has 1 rings (SSSR count). The first-order valence-electron chi connectivity index (χ1n) is 5.27. The molecule has 0 bridgehead atoms. The predicted molar refractivity (Wildman–Crippen MR) is 63.9 cm³/mol. The number of carbonyl (C=O) groups excluding carboxylic acids is 1. The Morgan fingerprint density at radius 1 is 1.38 bits per heavy atom. The van der Waals surface area contributed by atoms with E-state index in [1.54, 1.807) is 0 Å². The molecular formula is C13H17NO2. The van der Waals surface area contributed by atoms with Crippen molar-refractivity contribution in [1.82, 2.24) is 0 Å². The molecule has 0 saturated carbocycles. The molecule has 3 heteroatoms. The highest BCUT2D eigenvalue weighted by Gasteiger charge is 2.02. The topological polar surface area (TPSA) is 52.3 Å². The van der Waals surface area contributed by atoms with E-state index in [1.807, 2.05) is 30.3 Å². The van der Waals surface area contributed by atoms with Gasteiger partial charge in [-0.2, -0.15) is 0 Å². The number of ether oxygens (including phenoxy) is 1. The first-order chi connectivity index (χ1) is 7.76. The molecule has 0 amide bonds. The minimum Gasteiger partial charge on any atom is -0.466 e. The van der Waals surface area contributed by atoms with Crippen LogP contribution in [0.5, 0.6) is 0 Å². The van der Waals surface area contributed by atoms with Gasteiger partial charge in [-0.25, -0.2) is 4.79 Å². The summed E-state index contributed by atoms with van der Waals surface area (Å²) in [5.74, 6) is -0.320. The van der Waals surface area contributed by atoms with Crippen LogP contribution in [0.4, 0.5) is 0 Å². The Bertz CT molecular complexity index is 357. The molecule has 0 heterocycles. The van der Waals surface area contributed by atoms with Gasteiger partial charge < -0.3 is 10.5 Å². The maximum atomic E-state index is 11.1. The van der Waals surface area contributed by atoms with E-state index in [1.165, 1.54) is 18.7 Å². The summed E-state index contributed by atoms with van der Waals surface area (Å²) in [6, 6.07) is 9.99. The molecule has 0 unspecified atom stereocenters. The van der Waals surface area contributed by atoms with Gasteiger partial charge >= 0.3 is 5.97 Å². The van der Waals surface area contributed by atoms with Gasteiger partial charge in [0.2, 0.25) is 0 Å². The zero-order chi connectivity index (χ0) is 11.8. The van der Waals surface area contributed by atoms with E-state index in [-0.39, 0.29) is 5.97 Å². The van der Waals surface area contributed by atoms with Gasteiger partial charge in [0, 0.05) is 6.08 Å². The van der Waals surface area contributed by atoms with Gasteiger partial charge in [0.25, 0.3) is 0 Å². The van der Waals surface area contributed by atoms with Crippen LogP contribution < -0.4 is 5.73 Å². The third-order valence-electron chi connectivity index (χ3n) is 2.26. The molecule has 0 saturated heterocycles. The molecule has 0 aliphatic heterocycles. The van der Waals surface area contributed by atoms with Crippen LogP contribution in [0.15, 0.2) is 42.0 Å². The molecule has 0 spiro atoms. The van der Waals surface area contributed by atoms with Gasteiger partial charge in [0.05, 0.1) is 7.11 Å². The lowest BCUT2D eigenvalue weighted by Gasteiger charge is -2.05. The molecule has 1 aromatic carbocycles. The Labute approximate surface area is 95.9 Å². The van der Waals surface area contributed by atoms with E-state index in [4.69, 9.17) is 5.73 Å². The van der Waals surface area contributed by atoms with Crippen molar-refractivity contribution in [3.05, 3.63) is 47.5 Å². The van der Waals surface area contributed by atoms with Gasteiger partial charge in [-0.15, -0.1) is 0 Å². The highest BCUT2D eigenvalue weighted by molar-refractivity contribution is 5.82. The first kappa shape index (κ1) is 12.5. The van der Waals surface area contributed by atoms with E-state index >= 15 is 0 Å². The fourth-order valence-electron chi connectivity index (χ4n) is 1.48. The Kier molecular flexibility index (Phi) is 5.29. The molecule has 0 aliphatic carbocycles. The van der Waals surface area contributed by atoms with Crippen molar-refractivity contribution < 1.29 is 9.53 Å². The van der Waals surface area contributed by atoms with E-state index in [9.17, 15) is 4.79 Å². The van der Waals surface area contributed by atoms with Gasteiger partial charge in [-0.3, -0.25) is 0 Å². The summed E-state index contributed by atoms with van der Waals surface area (Å²) in [6.45, 7) is 0.537. The summed E-state index contributed by atoms with van der Waals surface area (Å²) in [4.78, 5) is 11.1. The molecule has 0 aliphatic rings. The summed E-state index contributed by atoms with van der Waals surface area (Å²) in [5.41, 5.74) is 7.68. The summed E-state index contributed by atoms with van der Waals surface area (Å²) in [6.07, 6.45) is 2.98. The number of methoxy groups -OCH3 is 1. The number of hydrogen-bond acceptors (Lipinski definition) is 3. The van der Waals surface area contributed by atoms with E-state index in [0.717, 1.165) is 12.0 Å². The standard InChI is InChI=1S/C13H17NO2/c1-16-13(15)10-12(7-8-14)9-11-5-3-2-4-6-11/h2-6,10H,7-9,14H2,1H3. The first-order valence-corrected chi connectivity index (χ1v) is 5.27. The minimum atomic E-state index is -0.320. The minimum absolute atomic E-state index is 0.320. The molecule has 0 atom stereocenters. The van der Waals surface area contributed by atoms with E-state index < -0.39 is 0 Å². The Morgan fingerprint density at radius 3 is 2.62 bits per heavy atom. The van der Waals surface area contributed by atoms with Crippen molar-refractivity contribution in [2.75, 3.05) is 13.7 Å². The van der Waals surface area contributed by atoms with Crippen LogP contribution in [0.2, 0.25) is 0 Å². The lowest BCUT2D eigenvalue weighted by molar-refractivity contribution is -0.134. The van der Waals surface area contributed by atoms with Crippen LogP contribution in [0.25, 0.3) is 0 Å². The van der Waals surface area contributed by atoms with Gasteiger partial charge in [-0.05, 0) is 24.9 Å². The van der Waals surface area contributed by atoms with E-state index in [2.05, 4.69) is 4.74 Å². The highest BCUT2D eigenvalue weighted by atomic mass is 16.5. The Hall–Kier alpha value is -1.61. The number of nitrogens with two attached hydrogens (primary N) is 1. The summed E-state index contributed by atoms with van der Waals surface area (Å²) in [7, 11) is 1.38. The number of carbonyl (C=O) groups is 1. The summed E-state index contributed by atoms with van der Waals surface area (Å²) in [5, 5.41) is 0. The van der Waals surface area contributed by atoms with Crippen molar-refractivity contribution >= 4 is 5.97 Å². The zero-order valence-corrected chi connectivity index (χ0v) is 9.48. The SMILES string of the molecule is COC(=O)C=C(CCN)Cc1ccccc1. The van der Waals surface area contributed by atoms with Crippen LogP contribution in [-0.4, -0.2) is 19.6 Å². The monoisotopic (exact) mass is 219 g/mol. The second kappa shape index (κ2) is 6.80. The normalized spacial score (nSPS) is 11.2. The molecular weight excluding hydrogens is 202 g/mol. The summed E-state index contributed by atoms with van der Waals surface area (Å²) < 4.78 is 4.61. The van der Waals surface area contributed by atoms with Gasteiger partial charge in [0.15, 0.2) is 0 Å². The van der Waals surface area contributed by atoms with E-state index in [0.29, 0.717) is 13.0 Å². The van der Waals surface area contributed by atoms with Crippen LogP contribution in [0.1, 0.15) is 12.0 Å². The van der Waals surface area contributed by atoms with Gasteiger partial charge in [0.1, 0.15) is 0 Å². The Morgan fingerprint density at radius 2 is 2.06 bits per heavy atom. The third-order valence-corrected chi connectivity index (χ3v) is 2.26.